The van der Waals surface area contributed by atoms with Crippen LogP contribution in [0.3, 0.4) is 0 Å². The molecule has 1 aliphatic carbocycles. The van der Waals surface area contributed by atoms with Gasteiger partial charge in [-0.1, -0.05) is 108 Å². The second-order valence-electron chi connectivity index (χ2n) is 10.2. The molecule has 0 fully saturated rings. The highest BCUT2D eigenvalue weighted by atomic mass is 16.5. The summed E-state index contributed by atoms with van der Waals surface area (Å²) in [6.45, 7) is 4.26. The Balaban J connectivity index is 1.54. The van der Waals surface area contributed by atoms with Crippen LogP contribution < -0.4 is 4.74 Å². The molecule has 0 saturated heterocycles. The standard InChI is InChI=1S/C35H28O/c1-23-11-16-26(17-12-23)35(27-18-13-24(2)14-19-27)22-21-32-33-28-8-4-3-7-25(28)15-20-30(33)29-9-5-6-10-31(29)34(32)36-35/h3-14,16-19,21-22H,15,20H2,1-2H3. The number of benzene rings is 5. The van der Waals surface area contributed by atoms with Gasteiger partial charge >= 0.3 is 0 Å². The first-order valence-corrected chi connectivity index (χ1v) is 12.8. The highest BCUT2D eigenvalue weighted by Gasteiger charge is 2.39. The van der Waals surface area contributed by atoms with Gasteiger partial charge < -0.3 is 4.74 Å². The van der Waals surface area contributed by atoms with Crippen molar-refractivity contribution in [2.24, 2.45) is 0 Å². The summed E-state index contributed by atoms with van der Waals surface area (Å²) < 4.78 is 7.28. The maximum absolute atomic E-state index is 7.28. The molecule has 1 heterocycles. The molecule has 0 aromatic heterocycles. The number of hydrogen-bond acceptors (Lipinski definition) is 1. The molecule has 0 saturated carbocycles. The van der Waals surface area contributed by atoms with Gasteiger partial charge in [0.1, 0.15) is 5.75 Å². The molecule has 0 atom stereocenters. The van der Waals surface area contributed by atoms with Gasteiger partial charge in [-0.15, -0.1) is 0 Å². The zero-order chi connectivity index (χ0) is 24.3. The second kappa shape index (κ2) is 7.96. The molecule has 0 unspecified atom stereocenters. The Morgan fingerprint density at radius 2 is 1.25 bits per heavy atom. The maximum Gasteiger partial charge on any atom is 0.178 e. The zero-order valence-electron chi connectivity index (χ0n) is 20.7. The van der Waals surface area contributed by atoms with Crippen LogP contribution in [-0.4, -0.2) is 0 Å². The summed E-state index contributed by atoms with van der Waals surface area (Å²) in [6.07, 6.45) is 6.73. The molecule has 5 aromatic carbocycles. The van der Waals surface area contributed by atoms with Crippen LogP contribution in [0.15, 0.2) is 103 Å². The van der Waals surface area contributed by atoms with Gasteiger partial charge in [0.25, 0.3) is 0 Å². The van der Waals surface area contributed by atoms with E-state index in [1.807, 2.05) is 0 Å². The minimum absolute atomic E-state index is 0.695. The highest BCUT2D eigenvalue weighted by Crippen LogP contribution is 2.51. The largest absolute Gasteiger partial charge is 0.472 e. The quantitative estimate of drug-likeness (QED) is 0.254. The summed E-state index contributed by atoms with van der Waals surface area (Å²) in [5, 5.41) is 2.50. The molecule has 0 bridgehead atoms. The van der Waals surface area contributed by atoms with Crippen LogP contribution in [0.4, 0.5) is 0 Å². The molecule has 1 aliphatic heterocycles. The fourth-order valence-electron chi connectivity index (χ4n) is 6.05. The van der Waals surface area contributed by atoms with E-state index in [4.69, 9.17) is 4.74 Å². The molecule has 0 radical (unpaired) electrons. The van der Waals surface area contributed by atoms with Crippen molar-refractivity contribution in [1.82, 2.24) is 0 Å². The van der Waals surface area contributed by atoms with Crippen molar-refractivity contribution in [2.45, 2.75) is 32.3 Å². The van der Waals surface area contributed by atoms with Crippen LogP contribution in [0, 0.1) is 13.8 Å². The third-order valence-electron chi connectivity index (χ3n) is 7.95. The minimum Gasteiger partial charge on any atom is -0.472 e. The van der Waals surface area contributed by atoms with E-state index in [1.54, 1.807) is 0 Å². The number of rotatable bonds is 2. The van der Waals surface area contributed by atoms with E-state index in [0.29, 0.717) is 0 Å². The van der Waals surface area contributed by atoms with Crippen molar-refractivity contribution in [3.05, 3.63) is 142 Å². The molecule has 36 heavy (non-hydrogen) atoms. The lowest BCUT2D eigenvalue weighted by Gasteiger charge is -2.38. The lowest BCUT2D eigenvalue weighted by Crippen LogP contribution is -2.34. The van der Waals surface area contributed by atoms with Crippen LogP contribution in [0.5, 0.6) is 5.75 Å². The zero-order valence-corrected chi connectivity index (χ0v) is 20.7. The average molecular weight is 465 g/mol. The molecule has 1 heteroatoms. The first-order valence-electron chi connectivity index (χ1n) is 12.8. The van der Waals surface area contributed by atoms with Gasteiger partial charge in [-0.2, -0.15) is 0 Å². The molecule has 5 aromatic rings. The Bertz CT molecular complexity index is 1610. The summed E-state index contributed by atoms with van der Waals surface area (Å²) in [6, 6.07) is 35.2. The van der Waals surface area contributed by atoms with Gasteiger partial charge in [0.2, 0.25) is 0 Å². The van der Waals surface area contributed by atoms with Crippen molar-refractivity contribution < 1.29 is 4.74 Å². The van der Waals surface area contributed by atoms with E-state index < -0.39 is 5.60 Å². The molecular weight excluding hydrogens is 436 g/mol. The Kier molecular flexibility index (Phi) is 4.69. The first-order chi connectivity index (χ1) is 17.6. The molecule has 0 amide bonds. The monoisotopic (exact) mass is 464 g/mol. The number of fused-ring (bicyclic) bond motifs is 8. The summed E-state index contributed by atoms with van der Waals surface area (Å²) >= 11 is 0. The predicted molar refractivity (Wildman–Crippen MR) is 150 cm³/mol. The predicted octanol–water partition coefficient (Wildman–Crippen LogP) is 8.57. The SMILES string of the molecule is Cc1ccc(C2(c3ccc(C)cc3)C=Cc3c4c(c5ccccc5c3O2)CCc2ccccc2-4)cc1. The van der Waals surface area contributed by atoms with Crippen molar-refractivity contribution in [1.29, 1.82) is 0 Å². The summed E-state index contributed by atoms with van der Waals surface area (Å²) in [5.41, 5.74) is 10.8. The summed E-state index contributed by atoms with van der Waals surface area (Å²) in [7, 11) is 0. The van der Waals surface area contributed by atoms with E-state index >= 15 is 0 Å². The summed E-state index contributed by atoms with van der Waals surface area (Å²) in [4.78, 5) is 0. The number of hydrogen-bond donors (Lipinski definition) is 0. The van der Waals surface area contributed by atoms with Crippen molar-refractivity contribution in [3.8, 4) is 16.9 Å². The summed E-state index contributed by atoms with van der Waals surface area (Å²) in [5.74, 6) is 0.977. The van der Waals surface area contributed by atoms with Crippen molar-refractivity contribution >= 4 is 16.8 Å². The highest BCUT2D eigenvalue weighted by molar-refractivity contribution is 6.03. The van der Waals surface area contributed by atoms with Gasteiger partial charge in [-0.3, -0.25) is 0 Å². The van der Waals surface area contributed by atoms with E-state index in [0.717, 1.165) is 29.7 Å². The van der Waals surface area contributed by atoms with Crippen LogP contribution in [0.2, 0.25) is 0 Å². The van der Waals surface area contributed by atoms with E-state index in [9.17, 15) is 0 Å². The van der Waals surface area contributed by atoms with Crippen LogP contribution in [-0.2, 0) is 18.4 Å². The molecular formula is C35H28O. The van der Waals surface area contributed by atoms with Gasteiger partial charge in [-0.05, 0) is 66.5 Å². The molecule has 7 rings (SSSR count). The van der Waals surface area contributed by atoms with E-state index in [2.05, 4.69) is 123 Å². The van der Waals surface area contributed by atoms with Gasteiger partial charge in [0.05, 0.1) is 0 Å². The third kappa shape index (κ3) is 3.09. The Morgan fingerprint density at radius 3 is 1.94 bits per heavy atom. The molecule has 0 N–H and O–H groups in total. The Morgan fingerprint density at radius 1 is 0.639 bits per heavy atom. The topological polar surface area (TPSA) is 9.23 Å². The first kappa shape index (κ1) is 21.2. The normalized spacial score (nSPS) is 15.1. The fourth-order valence-corrected chi connectivity index (χ4v) is 6.05. The molecule has 0 spiro atoms. The van der Waals surface area contributed by atoms with Crippen LogP contribution >= 0.6 is 0 Å². The average Bonchev–Trinajstić information content (AvgIpc) is 2.93. The third-order valence-corrected chi connectivity index (χ3v) is 7.95. The fraction of sp³-hybridized carbons (Fsp3) is 0.143. The molecule has 174 valence electrons. The Hall–Kier alpha value is -4.10. The van der Waals surface area contributed by atoms with Crippen LogP contribution in [0.25, 0.3) is 28.0 Å². The lowest BCUT2D eigenvalue weighted by atomic mass is 9.77. The second-order valence-corrected chi connectivity index (χ2v) is 10.2. The van der Waals surface area contributed by atoms with Crippen LogP contribution in [0.1, 0.15) is 38.9 Å². The van der Waals surface area contributed by atoms with Crippen molar-refractivity contribution in [3.63, 3.8) is 0 Å². The molecule has 2 aliphatic rings. The van der Waals surface area contributed by atoms with Gasteiger partial charge in [-0.25, -0.2) is 0 Å². The number of ether oxygens (including phenoxy) is 1. The maximum atomic E-state index is 7.28. The van der Waals surface area contributed by atoms with E-state index in [1.165, 1.54) is 49.7 Å². The molecule has 1 nitrogen and oxygen atoms in total. The van der Waals surface area contributed by atoms with Gasteiger partial charge in [0, 0.05) is 22.1 Å². The Labute approximate surface area is 212 Å². The smallest absolute Gasteiger partial charge is 0.178 e. The lowest BCUT2D eigenvalue weighted by molar-refractivity contribution is 0.163. The van der Waals surface area contributed by atoms with Gasteiger partial charge in [0.15, 0.2) is 5.60 Å². The van der Waals surface area contributed by atoms with Crippen molar-refractivity contribution in [2.75, 3.05) is 0 Å². The number of aryl methyl sites for hydroxylation is 4. The van der Waals surface area contributed by atoms with E-state index in [-0.39, 0.29) is 0 Å². The minimum atomic E-state index is -0.695.